The van der Waals surface area contributed by atoms with E-state index in [0.717, 1.165) is 15.7 Å². The third kappa shape index (κ3) is 2.49. The molecule has 2 heterocycles. The Morgan fingerprint density at radius 2 is 2.35 bits per heavy atom. The predicted octanol–water partition coefficient (Wildman–Crippen LogP) is 2.87. The number of hydrogen-bond acceptors (Lipinski definition) is 5. The van der Waals surface area contributed by atoms with Gasteiger partial charge in [0.1, 0.15) is 0 Å². The van der Waals surface area contributed by atoms with E-state index in [-0.39, 0.29) is 11.9 Å². The first-order valence-electron chi connectivity index (χ1n) is 5.11. The molecule has 88 valence electrons. The molecule has 5 nitrogen and oxygen atoms in total. The predicted molar refractivity (Wildman–Crippen MR) is 71.3 cm³/mol. The Morgan fingerprint density at radius 3 is 3.00 bits per heavy atom. The molecule has 1 fully saturated rings. The van der Waals surface area contributed by atoms with Crippen molar-refractivity contribution < 1.29 is 9.21 Å². The highest BCUT2D eigenvalue weighted by Crippen LogP contribution is 2.39. The lowest BCUT2D eigenvalue weighted by Gasteiger charge is -1.96. The van der Waals surface area contributed by atoms with Crippen molar-refractivity contribution in [2.24, 2.45) is 0 Å². The summed E-state index contributed by atoms with van der Waals surface area (Å²) in [5.41, 5.74) is 0.616. The van der Waals surface area contributed by atoms with Gasteiger partial charge in [-0.1, -0.05) is 5.10 Å². The Balaban J connectivity index is 1.71. The van der Waals surface area contributed by atoms with Crippen molar-refractivity contribution in [3.8, 4) is 0 Å². The third-order valence-corrected chi connectivity index (χ3v) is 4.21. The summed E-state index contributed by atoms with van der Waals surface area (Å²) in [4.78, 5) is 11.8. The summed E-state index contributed by atoms with van der Waals surface area (Å²) in [6, 6.07) is 2.00. The molecule has 1 amide bonds. The van der Waals surface area contributed by atoms with Gasteiger partial charge in [-0.2, -0.15) is 0 Å². The number of hydrogen-bond donors (Lipinski definition) is 1. The van der Waals surface area contributed by atoms with Gasteiger partial charge in [-0.15, -0.1) is 16.4 Å². The summed E-state index contributed by atoms with van der Waals surface area (Å²) < 4.78 is 6.42. The van der Waals surface area contributed by atoms with Gasteiger partial charge in [0, 0.05) is 11.3 Å². The summed E-state index contributed by atoms with van der Waals surface area (Å²) in [5, 5.41) is 12.1. The van der Waals surface area contributed by atoms with Crippen LogP contribution in [0, 0.1) is 2.88 Å². The molecule has 7 heteroatoms. The minimum absolute atomic E-state index is 0.179. The average molecular weight is 361 g/mol. The number of nitrogens with one attached hydrogen (secondary N) is 1. The summed E-state index contributed by atoms with van der Waals surface area (Å²) >= 11 is 3.70. The summed E-state index contributed by atoms with van der Waals surface area (Å²) in [6.07, 6.45) is 2.19. The van der Waals surface area contributed by atoms with Gasteiger partial charge in [0.2, 0.25) is 5.89 Å². The maximum Gasteiger partial charge on any atom is 0.322 e. The molecule has 0 unspecified atom stereocenters. The van der Waals surface area contributed by atoms with Crippen LogP contribution in [-0.2, 0) is 0 Å². The van der Waals surface area contributed by atoms with Crippen molar-refractivity contribution >= 4 is 45.8 Å². The second-order valence-corrected chi connectivity index (χ2v) is 6.62. The Bertz CT molecular complexity index is 561. The van der Waals surface area contributed by atoms with E-state index in [1.807, 2.05) is 6.07 Å². The van der Waals surface area contributed by atoms with Crippen LogP contribution >= 0.6 is 33.9 Å². The Morgan fingerprint density at radius 1 is 1.53 bits per heavy atom. The molecule has 0 bridgehead atoms. The molecule has 0 atom stereocenters. The van der Waals surface area contributed by atoms with E-state index in [1.165, 1.54) is 11.3 Å². The van der Waals surface area contributed by atoms with E-state index in [0.29, 0.717) is 17.4 Å². The van der Waals surface area contributed by atoms with Gasteiger partial charge in [-0.05, 0) is 41.5 Å². The van der Waals surface area contributed by atoms with Crippen LogP contribution in [0.5, 0.6) is 0 Å². The molecule has 2 aromatic rings. The van der Waals surface area contributed by atoms with Crippen molar-refractivity contribution in [3.05, 3.63) is 25.8 Å². The molecule has 1 N–H and O–H groups in total. The highest BCUT2D eigenvalue weighted by Gasteiger charge is 2.29. The lowest BCUT2D eigenvalue weighted by molar-refractivity contribution is 0.102. The number of nitrogens with zero attached hydrogens (tertiary/aromatic N) is 2. The van der Waals surface area contributed by atoms with Crippen LogP contribution in [0.25, 0.3) is 0 Å². The molecule has 1 aliphatic rings. The fraction of sp³-hybridized carbons (Fsp3) is 0.300. The van der Waals surface area contributed by atoms with Gasteiger partial charge >= 0.3 is 6.01 Å². The van der Waals surface area contributed by atoms with Crippen LogP contribution in [0.1, 0.15) is 35.0 Å². The second kappa shape index (κ2) is 4.37. The van der Waals surface area contributed by atoms with Gasteiger partial charge in [0.25, 0.3) is 5.91 Å². The first kappa shape index (κ1) is 11.1. The zero-order chi connectivity index (χ0) is 11.8. The highest BCUT2D eigenvalue weighted by atomic mass is 127. The average Bonchev–Trinajstić information content (AvgIpc) is 2.90. The molecule has 0 saturated heterocycles. The molecule has 17 heavy (non-hydrogen) atoms. The largest absolute Gasteiger partial charge is 0.408 e. The van der Waals surface area contributed by atoms with E-state index in [4.69, 9.17) is 4.42 Å². The molecule has 2 aromatic heterocycles. The van der Waals surface area contributed by atoms with Crippen molar-refractivity contribution in [1.82, 2.24) is 10.2 Å². The number of carbonyl (C=O) groups is 1. The fourth-order valence-corrected chi connectivity index (χ4v) is 2.71. The highest BCUT2D eigenvalue weighted by molar-refractivity contribution is 14.1. The van der Waals surface area contributed by atoms with E-state index >= 15 is 0 Å². The van der Waals surface area contributed by atoms with E-state index in [1.54, 1.807) is 5.38 Å². The molecule has 0 radical (unpaired) electrons. The molecule has 1 saturated carbocycles. The Kier molecular flexibility index (Phi) is 2.87. The maximum absolute atomic E-state index is 11.8. The number of thiophene rings is 1. The number of amides is 1. The summed E-state index contributed by atoms with van der Waals surface area (Å²) in [6.45, 7) is 0. The molecule has 0 spiro atoms. The minimum Gasteiger partial charge on any atom is -0.408 e. The number of carbonyl (C=O) groups excluding carboxylic acids is 1. The third-order valence-electron chi connectivity index (χ3n) is 2.42. The first-order chi connectivity index (χ1) is 8.22. The van der Waals surface area contributed by atoms with Crippen LogP contribution in [0.15, 0.2) is 15.9 Å². The topological polar surface area (TPSA) is 68.0 Å². The van der Waals surface area contributed by atoms with Crippen molar-refractivity contribution in [2.75, 3.05) is 5.32 Å². The standard InChI is InChI=1S/C10H8IN3O2S/c11-7-3-6(4-17-7)8(15)12-10-14-13-9(16-10)5-1-2-5/h3-5H,1-2H2,(H,12,14,15). The van der Waals surface area contributed by atoms with E-state index in [2.05, 4.69) is 38.1 Å². The monoisotopic (exact) mass is 361 g/mol. The Hall–Kier alpha value is -0.960. The number of halogens is 1. The van der Waals surface area contributed by atoms with Gasteiger partial charge in [0.05, 0.1) is 8.45 Å². The molecule has 0 aromatic carbocycles. The lowest BCUT2D eigenvalue weighted by atomic mass is 10.3. The van der Waals surface area contributed by atoms with Gasteiger partial charge < -0.3 is 4.42 Å². The first-order valence-corrected chi connectivity index (χ1v) is 7.07. The minimum atomic E-state index is -0.213. The summed E-state index contributed by atoms with van der Waals surface area (Å²) in [5.74, 6) is 0.811. The maximum atomic E-state index is 11.8. The smallest absolute Gasteiger partial charge is 0.322 e. The SMILES string of the molecule is O=C(Nc1nnc(C2CC2)o1)c1csc(I)c1. The zero-order valence-corrected chi connectivity index (χ0v) is 11.6. The van der Waals surface area contributed by atoms with E-state index < -0.39 is 0 Å². The fourth-order valence-electron chi connectivity index (χ4n) is 1.38. The lowest BCUT2D eigenvalue weighted by Crippen LogP contribution is -2.10. The summed E-state index contributed by atoms with van der Waals surface area (Å²) in [7, 11) is 0. The van der Waals surface area contributed by atoms with Crippen LogP contribution in [0.4, 0.5) is 6.01 Å². The zero-order valence-electron chi connectivity index (χ0n) is 8.64. The number of rotatable bonds is 3. The second-order valence-electron chi connectivity index (χ2n) is 3.81. The van der Waals surface area contributed by atoms with Gasteiger partial charge in [-0.25, -0.2) is 0 Å². The quantitative estimate of drug-likeness (QED) is 0.854. The molecular formula is C10H8IN3O2S. The van der Waals surface area contributed by atoms with Crippen LogP contribution in [-0.4, -0.2) is 16.1 Å². The molecule has 0 aliphatic heterocycles. The van der Waals surface area contributed by atoms with Crippen molar-refractivity contribution in [2.45, 2.75) is 18.8 Å². The number of anilines is 1. The molecule has 1 aliphatic carbocycles. The van der Waals surface area contributed by atoms with Crippen LogP contribution in [0.2, 0.25) is 0 Å². The van der Waals surface area contributed by atoms with Crippen molar-refractivity contribution in [3.63, 3.8) is 0 Å². The van der Waals surface area contributed by atoms with Gasteiger partial charge in [0.15, 0.2) is 0 Å². The van der Waals surface area contributed by atoms with Crippen molar-refractivity contribution in [1.29, 1.82) is 0 Å². The number of aromatic nitrogens is 2. The molecular weight excluding hydrogens is 353 g/mol. The Labute approximate surface area is 115 Å². The normalized spacial score (nSPS) is 14.9. The van der Waals surface area contributed by atoms with Gasteiger partial charge in [-0.3, -0.25) is 10.1 Å². The molecule has 3 rings (SSSR count). The van der Waals surface area contributed by atoms with E-state index in [9.17, 15) is 4.79 Å². The van der Waals surface area contributed by atoms with Crippen LogP contribution < -0.4 is 5.32 Å². The van der Waals surface area contributed by atoms with Crippen LogP contribution in [0.3, 0.4) is 0 Å².